The van der Waals surface area contributed by atoms with Crippen molar-refractivity contribution in [2.45, 2.75) is 37.8 Å². The molecule has 1 fully saturated rings. The van der Waals surface area contributed by atoms with Gasteiger partial charge in [-0.1, -0.05) is 0 Å². The molecule has 1 saturated carbocycles. The van der Waals surface area contributed by atoms with Crippen molar-refractivity contribution < 1.29 is 4.92 Å². The third kappa shape index (κ3) is 3.25. The van der Waals surface area contributed by atoms with Crippen molar-refractivity contribution in [2.24, 2.45) is 5.73 Å². The Labute approximate surface area is 121 Å². The maximum atomic E-state index is 10.7. The van der Waals surface area contributed by atoms with Crippen LogP contribution in [-0.2, 0) is 0 Å². The number of nitro groups is 1. The van der Waals surface area contributed by atoms with E-state index in [4.69, 9.17) is 5.73 Å². The van der Waals surface area contributed by atoms with E-state index in [1.807, 2.05) is 7.05 Å². The molecule has 6 heteroatoms. The second kappa shape index (κ2) is 5.88. The predicted octanol–water partition coefficient (Wildman–Crippen LogP) is 3.06. The summed E-state index contributed by atoms with van der Waals surface area (Å²) in [5.41, 5.74) is 7.01. The zero-order valence-electron chi connectivity index (χ0n) is 10.9. The van der Waals surface area contributed by atoms with Crippen molar-refractivity contribution in [1.82, 2.24) is 0 Å². The molecule has 0 atom stereocenters. The lowest BCUT2D eigenvalue weighted by atomic mass is 9.91. The molecule has 19 heavy (non-hydrogen) atoms. The summed E-state index contributed by atoms with van der Waals surface area (Å²) < 4.78 is 0.763. The zero-order valence-corrected chi connectivity index (χ0v) is 12.5. The van der Waals surface area contributed by atoms with Gasteiger partial charge >= 0.3 is 0 Å². The summed E-state index contributed by atoms with van der Waals surface area (Å²) in [5.74, 6) is 0. The van der Waals surface area contributed by atoms with Crippen LogP contribution in [0.3, 0.4) is 0 Å². The molecule has 1 aromatic rings. The van der Waals surface area contributed by atoms with Crippen LogP contribution in [0.2, 0.25) is 0 Å². The quantitative estimate of drug-likeness (QED) is 0.684. The molecular weight excluding hydrogens is 310 g/mol. The molecule has 2 N–H and O–H groups in total. The van der Waals surface area contributed by atoms with Gasteiger partial charge in [-0.25, -0.2) is 0 Å². The van der Waals surface area contributed by atoms with Gasteiger partial charge in [-0.3, -0.25) is 10.1 Å². The number of nitro benzene ring substituents is 1. The van der Waals surface area contributed by atoms with Gasteiger partial charge in [-0.15, -0.1) is 0 Å². The van der Waals surface area contributed by atoms with Crippen LogP contribution in [0.25, 0.3) is 0 Å². The molecule has 104 valence electrons. The van der Waals surface area contributed by atoms with Crippen molar-refractivity contribution in [3.8, 4) is 0 Å². The zero-order chi connectivity index (χ0) is 14.0. The first-order valence-electron chi connectivity index (χ1n) is 6.41. The van der Waals surface area contributed by atoms with Gasteiger partial charge in [0.2, 0.25) is 0 Å². The van der Waals surface area contributed by atoms with Gasteiger partial charge in [-0.2, -0.15) is 0 Å². The Morgan fingerprint density at radius 3 is 2.53 bits per heavy atom. The Morgan fingerprint density at radius 2 is 2.00 bits per heavy atom. The van der Waals surface area contributed by atoms with E-state index < -0.39 is 0 Å². The number of benzene rings is 1. The first kappa shape index (κ1) is 14.3. The van der Waals surface area contributed by atoms with Crippen LogP contribution in [0.4, 0.5) is 11.4 Å². The second-order valence-electron chi connectivity index (χ2n) is 5.07. The lowest BCUT2D eigenvalue weighted by molar-refractivity contribution is -0.384. The SMILES string of the molecule is CN(c1ccc([N+](=O)[O-])cc1Br)C1CCC(N)CC1. The molecule has 0 radical (unpaired) electrons. The van der Waals surface area contributed by atoms with Crippen LogP contribution in [-0.4, -0.2) is 24.1 Å². The fourth-order valence-corrected chi connectivity index (χ4v) is 3.23. The largest absolute Gasteiger partial charge is 0.371 e. The minimum absolute atomic E-state index is 0.106. The summed E-state index contributed by atoms with van der Waals surface area (Å²) in [6, 6.07) is 5.69. The molecule has 0 aliphatic heterocycles. The van der Waals surface area contributed by atoms with E-state index in [1.54, 1.807) is 18.2 Å². The summed E-state index contributed by atoms with van der Waals surface area (Å²) >= 11 is 3.42. The molecule has 0 unspecified atom stereocenters. The number of hydrogen-bond donors (Lipinski definition) is 1. The number of nitrogens with zero attached hydrogens (tertiary/aromatic N) is 2. The van der Waals surface area contributed by atoms with Crippen molar-refractivity contribution in [2.75, 3.05) is 11.9 Å². The molecule has 1 aliphatic carbocycles. The molecular formula is C13H18BrN3O2. The molecule has 0 amide bonds. The third-order valence-electron chi connectivity index (χ3n) is 3.81. The topological polar surface area (TPSA) is 72.4 Å². The molecule has 0 aromatic heterocycles. The summed E-state index contributed by atoms with van der Waals surface area (Å²) in [7, 11) is 2.04. The number of rotatable bonds is 3. The van der Waals surface area contributed by atoms with Crippen molar-refractivity contribution >= 4 is 27.3 Å². The van der Waals surface area contributed by atoms with Crippen molar-refractivity contribution in [1.29, 1.82) is 0 Å². The average Bonchev–Trinajstić information content (AvgIpc) is 2.38. The van der Waals surface area contributed by atoms with Crippen LogP contribution in [0, 0.1) is 10.1 Å². The van der Waals surface area contributed by atoms with E-state index in [1.165, 1.54) is 0 Å². The highest BCUT2D eigenvalue weighted by Gasteiger charge is 2.23. The molecule has 0 saturated heterocycles. The number of halogens is 1. The lowest BCUT2D eigenvalue weighted by Gasteiger charge is -2.35. The Hall–Kier alpha value is -1.14. The summed E-state index contributed by atoms with van der Waals surface area (Å²) in [6.45, 7) is 0. The van der Waals surface area contributed by atoms with Crippen LogP contribution < -0.4 is 10.6 Å². The Balaban J connectivity index is 2.15. The molecule has 0 heterocycles. The maximum absolute atomic E-state index is 10.7. The fourth-order valence-electron chi connectivity index (χ4n) is 2.58. The first-order chi connectivity index (χ1) is 8.99. The molecule has 0 bridgehead atoms. The normalized spacial score (nSPS) is 23.1. The first-order valence-corrected chi connectivity index (χ1v) is 7.20. The van der Waals surface area contributed by atoms with Gasteiger partial charge in [-0.05, 0) is 47.7 Å². The van der Waals surface area contributed by atoms with E-state index in [0.29, 0.717) is 12.1 Å². The highest BCUT2D eigenvalue weighted by atomic mass is 79.9. The van der Waals surface area contributed by atoms with Gasteiger partial charge in [0, 0.05) is 35.7 Å². The standard InChI is InChI=1S/C13H18BrN3O2/c1-16(10-4-2-9(15)3-5-10)13-7-6-11(17(18)19)8-12(13)14/h6-10H,2-5,15H2,1H3. The monoisotopic (exact) mass is 327 g/mol. The Kier molecular flexibility index (Phi) is 4.42. The van der Waals surface area contributed by atoms with E-state index in [0.717, 1.165) is 35.8 Å². The molecule has 1 aromatic carbocycles. The smallest absolute Gasteiger partial charge is 0.270 e. The van der Waals surface area contributed by atoms with E-state index >= 15 is 0 Å². The molecule has 1 aliphatic rings. The van der Waals surface area contributed by atoms with E-state index in [-0.39, 0.29) is 10.6 Å². The number of hydrogen-bond acceptors (Lipinski definition) is 4. The molecule has 2 rings (SSSR count). The molecule has 5 nitrogen and oxygen atoms in total. The van der Waals surface area contributed by atoms with Gasteiger partial charge in [0.1, 0.15) is 0 Å². The van der Waals surface area contributed by atoms with Crippen molar-refractivity contribution in [3.05, 3.63) is 32.8 Å². The van der Waals surface area contributed by atoms with Gasteiger partial charge in [0.05, 0.1) is 10.6 Å². The predicted molar refractivity (Wildman–Crippen MR) is 79.4 cm³/mol. The van der Waals surface area contributed by atoms with Crippen LogP contribution in [0.15, 0.2) is 22.7 Å². The minimum atomic E-state index is -0.381. The van der Waals surface area contributed by atoms with Crippen molar-refractivity contribution in [3.63, 3.8) is 0 Å². The minimum Gasteiger partial charge on any atom is -0.371 e. The third-order valence-corrected chi connectivity index (χ3v) is 4.45. The molecule has 0 spiro atoms. The van der Waals surface area contributed by atoms with E-state index in [9.17, 15) is 10.1 Å². The number of nitrogens with two attached hydrogens (primary N) is 1. The number of non-ortho nitro benzene ring substituents is 1. The van der Waals surface area contributed by atoms with Gasteiger partial charge < -0.3 is 10.6 Å². The average molecular weight is 328 g/mol. The highest BCUT2D eigenvalue weighted by Crippen LogP contribution is 2.33. The number of anilines is 1. The van der Waals surface area contributed by atoms with Crippen LogP contribution >= 0.6 is 15.9 Å². The Morgan fingerprint density at radius 1 is 1.37 bits per heavy atom. The van der Waals surface area contributed by atoms with Gasteiger partial charge in [0.15, 0.2) is 0 Å². The van der Waals surface area contributed by atoms with Crippen LogP contribution in [0.1, 0.15) is 25.7 Å². The summed E-state index contributed by atoms with van der Waals surface area (Å²) in [6.07, 6.45) is 4.22. The highest BCUT2D eigenvalue weighted by molar-refractivity contribution is 9.10. The lowest BCUT2D eigenvalue weighted by Crippen LogP contribution is -2.38. The second-order valence-corrected chi connectivity index (χ2v) is 5.93. The van der Waals surface area contributed by atoms with Gasteiger partial charge in [0.25, 0.3) is 5.69 Å². The van der Waals surface area contributed by atoms with Crippen LogP contribution in [0.5, 0.6) is 0 Å². The van der Waals surface area contributed by atoms with E-state index in [2.05, 4.69) is 20.8 Å². The summed E-state index contributed by atoms with van der Waals surface area (Å²) in [4.78, 5) is 12.5. The maximum Gasteiger partial charge on any atom is 0.270 e. The summed E-state index contributed by atoms with van der Waals surface area (Å²) in [5, 5.41) is 10.7. The fraction of sp³-hybridized carbons (Fsp3) is 0.538. The Bertz CT molecular complexity index is 473.